The molecule has 1 aliphatic rings. The highest BCUT2D eigenvalue weighted by molar-refractivity contribution is 5.91. The molecule has 0 aliphatic carbocycles. The third-order valence-corrected chi connectivity index (χ3v) is 1.87. The van der Waals surface area contributed by atoms with E-state index in [1.807, 2.05) is 0 Å². The second kappa shape index (κ2) is 6.63. The van der Waals surface area contributed by atoms with E-state index in [4.69, 9.17) is 14.2 Å². The first-order valence-corrected chi connectivity index (χ1v) is 5.47. The van der Waals surface area contributed by atoms with Crippen molar-refractivity contribution >= 4 is 18.0 Å². The summed E-state index contributed by atoms with van der Waals surface area (Å²) in [5, 5.41) is 2.42. The van der Waals surface area contributed by atoms with Gasteiger partial charge in [-0.1, -0.05) is 0 Å². The molecule has 1 amide bonds. The van der Waals surface area contributed by atoms with Gasteiger partial charge in [-0.3, -0.25) is 0 Å². The molecule has 1 saturated heterocycles. The first kappa shape index (κ1) is 14.0. The Bertz CT molecular complexity index is 363. The molecular formula is C11H15NO6. The number of nitrogens with one attached hydrogen (secondary N) is 1. The van der Waals surface area contributed by atoms with E-state index in [0.717, 1.165) is 12.2 Å². The highest BCUT2D eigenvalue weighted by Gasteiger charge is 2.23. The summed E-state index contributed by atoms with van der Waals surface area (Å²) in [6, 6.07) is 0. The van der Waals surface area contributed by atoms with Crippen LogP contribution in [0.3, 0.4) is 0 Å². The third kappa shape index (κ3) is 5.33. The minimum atomic E-state index is -0.696. The molecule has 0 radical (unpaired) electrons. The first-order chi connectivity index (χ1) is 8.47. The second-order valence-electron chi connectivity index (χ2n) is 3.86. The Balaban J connectivity index is 2.22. The van der Waals surface area contributed by atoms with Crippen molar-refractivity contribution in [2.24, 2.45) is 0 Å². The second-order valence-corrected chi connectivity index (χ2v) is 3.86. The van der Waals surface area contributed by atoms with Gasteiger partial charge in [-0.05, 0) is 13.8 Å². The predicted octanol–water partition coefficient (Wildman–Crippen LogP) is 0.146. The largest absolute Gasteiger partial charge is 0.460 e. The van der Waals surface area contributed by atoms with Crippen LogP contribution in [0.2, 0.25) is 0 Å². The fourth-order valence-electron chi connectivity index (χ4n) is 1.16. The molecule has 1 N–H and O–H groups in total. The van der Waals surface area contributed by atoms with Crippen LogP contribution in [0.25, 0.3) is 0 Å². The number of amides is 1. The van der Waals surface area contributed by atoms with E-state index in [1.54, 1.807) is 13.8 Å². The zero-order chi connectivity index (χ0) is 13.5. The van der Waals surface area contributed by atoms with E-state index >= 15 is 0 Å². The van der Waals surface area contributed by atoms with Crippen LogP contribution in [0.5, 0.6) is 0 Å². The number of carbonyl (C=O) groups excluding carboxylic acids is 3. The molecule has 1 aliphatic heterocycles. The van der Waals surface area contributed by atoms with E-state index in [9.17, 15) is 14.4 Å². The summed E-state index contributed by atoms with van der Waals surface area (Å²) in [5.74, 6) is -1.31. The fourth-order valence-corrected chi connectivity index (χ4v) is 1.16. The molecule has 100 valence electrons. The molecule has 0 saturated carbocycles. The molecule has 18 heavy (non-hydrogen) atoms. The van der Waals surface area contributed by atoms with Gasteiger partial charge < -0.3 is 19.5 Å². The number of ether oxygens (including phenoxy) is 3. The molecule has 0 spiro atoms. The van der Waals surface area contributed by atoms with Crippen LogP contribution < -0.4 is 5.32 Å². The van der Waals surface area contributed by atoms with Gasteiger partial charge in [0.1, 0.15) is 6.61 Å². The monoisotopic (exact) mass is 257 g/mol. The summed E-state index contributed by atoms with van der Waals surface area (Å²) in [5.41, 5.74) is 0. The van der Waals surface area contributed by atoms with Crippen LogP contribution in [0.4, 0.5) is 4.79 Å². The van der Waals surface area contributed by atoms with Crippen LogP contribution in [0, 0.1) is 0 Å². The maximum atomic E-state index is 11.2. The maximum Gasteiger partial charge on any atom is 0.407 e. The van der Waals surface area contributed by atoms with Crippen LogP contribution in [0.1, 0.15) is 13.8 Å². The van der Waals surface area contributed by atoms with E-state index in [0.29, 0.717) is 6.54 Å². The number of rotatable bonds is 5. The molecule has 0 aromatic carbocycles. The lowest BCUT2D eigenvalue weighted by Gasteiger charge is -2.07. The first-order valence-electron chi connectivity index (χ1n) is 5.47. The van der Waals surface area contributed by atoms with Gasteiger partial charge in [-0.15, -0.1) is 0 Å². The average Bonchev–Trinajstić information content (AvgIpc) is 2.69. The number of esters is 2. The highest BCUT2D eigenvalue weighted by Crippen LogP contribution is 2.00. The summed E-state index contributed by atoms with van der Waals surface area (Å²) in [7, 11) is 0. The van der Waals surface area contributed by atoms with Crippen molar-refractivity contribution in [2.75, 3.05) is 13.2 Å². The molecule has 1 fully saturated rings. The van der Waals surface area contributed by atoms with Crippen molar-refractivity contribution in [3.8, 4) is 0 Å². The molecule has 1 heterocycles. The van der Waals surface area contributed by atoms with Crippen molar-refractivity contribution in [3.05, 3.63) is 12.2 Å². The van der Waals surface area contributed by atoms with Gasteiger partial charge in [0.25, 0.3) is 0 Å². The summed E-state index contributed by atoms with van der Waals surface area (Å²) < 4.78 is 14.3. The number of hydrogen-bond acceptors (Lipinski definition) is 6. The molecular weight excluding hydrogens is 242 g/mol. The normalized spacial score (nSPS) is 18.6. The SMILES string of the molecule is CC(C)OC(=O)/C=C/C(=O)OCC1CNC(=O)O1. The van der Waals surface area contributed by atoms with E-state index < -0.39 is 24.1 Å². The molecule has 0 aromatic rings. The van der Waals surface area contributed by atoms with Gasteiger partial charge in [0, 0.05) is 12.2 Å². The van der Waals surface area contributed by atoms with Gasteiger partial charge in [-0.2, -0.15) is 0 Å². The van der Waals surface area contributed by atoms with Crippen molar-refractivity contribution in [1.29, 1.82) is 0 Å². The van der Waals surface area contributed by atoms with Crippen LogP contribution in [0.15, 0.2) is 12.2 Å². The topological polar surface area (TPSA) is 90.9 Å². The summed E-state index contributed by atoms with van der Waals surface area (Å²) >= 11 is 0. The van der Waals surface area contributed by atoms with Gasteiger partial charge in [0.05, 0.1) is 12.6 Å². The zero-order valence-electron chi connectivity index (χ0n) is 10.2. The Hall–Kier alpha value is -2.05. The fraction of sp³-hybridized carbons (Fsp3) is 0.545. The Labute approximate surface area is 104 Å². The predicted molar refractivity (Wildman–Crippen MR) is 59.6 cm³/mol. The van der Waals surface area contributed by atoms with Gasteiger partial charge in [-0.25, -0.2) is 14.4 Å². The van der Waals surface area contributed by atoms with E-state index in [-0.39, 0.29) is 12.7 Å². The minimum Gasteiger partial charge on any atom is -0.460 e. The van der Waals surface area contributed by atoms with Crippen LogP contribution in [-0.4, -0.2) is 43.4 Å². The molecule has 7 heteroatoms. The van der Waals surface area contributed by atoms with Crippen LogP contribution >= 0.6 is 0 Å². The molecule has 1 atom stereocenters. The average molecular weight is 257 g/mol. The minimum absolute atomic E-state index is 0.0544. The van der Waals surface area contributed by atoms with E-state index in [1.165, 1.54) is 0 Å². The molecule has 1 unspecified atom stereocenters. The lowest BCUT2D eigenvalue weighted by Crippen LogP contribution is -2.21. The smallest absolute Gasteiger partial charge is 0.407 e. The quantitative estimate of drug-likeness (QED) is 0.428. The summed E-state index contributed by atoms with van der Waals surface area (Å²) in [6.45, 7) is 3.64. The van der Waals surface area contributed by atoms with E-state index in [2.05, 4.69) is 5.32 Å². The zero-order valence-corrected chi connectivity index (χ0v) is 10.2. The Kier molecular flexibility index (Phi) is 5.16. The van der Waals surface area contributed by atoms with Crippen LogP contribution in [-0.2, 0) is 23.8 Å². The molecule has 1 rings (SSSR count). The molecule has 0 bridgehead atoms. The third-order valence-electron chi connectivity index (χ3n) is 1.87. The van der Waals surface area contributed by atoms with Crippen molar-refractivity contribution in [1.82, 2.24) is 5.32 Å². The Morgan fingerprint density at radius 2 is 2.11 bits per heavy atom. The van der Waals surface area contributed by atoms with Crippen molar-refractivity contribution in [2.45, 2.75) is 26.1 Å². The Morgan fingerprint density at radius 1 is 1.44 bits per heavy atom. The number of cyclic esters (lactones) is 1. The lowest BCUT2D eigenvalue weighted by molar-refractivity contribution is -0.143. The Morgan fingerprint density at radius 3 is 2.67 bits per heavy atom. The van der Waals surface area contributed by atoms with Crippen molar-refractivity contribution in [3.63, 3.8) is 0 Å². The lowest BCUT2D eigenvalue weighted by atomic mass is 10.4. The maximum absolute atomic E-state index is 11.2. The summed E-state index contributed by atoms with van der Waals surface area (Å²) in [4.78, 5) is 32.9. The standard InChI is InChI=1S/C11H15NO6/c1-7(2)17-10(14)4-3-9(13)16-6-8-5-12-11(15)18-8/h3-4,7-8H,5-6H2,1-2H3,(H,12,15)/b4-3+. The number of hydrogen-bond donors (Lipinski definition) is 1. The van der Waals surface area contributed by atoms with Gasteiger partial charge in [0.2, 0.25) is 0 Å². The number of carbonyl (C=O) groups is 3. The molecule has 0 aromatic heterocycles. The number of alkyl carbamates (subject to hydrolysis) is 1. The van der Waals surface area contributed by atoms with Gasteiger partial charge >= 0.3 is 18.0 Å². The molecule has 7 nitrogen and oxygen atoms in total. The van der Waals surface area contributed by atoms with Crippen molar-refractivity contribution < 1.29 is 28.6 Å². The highest BCUT2D eigenvalue weighted by atomic mass is 16.6. The van der Waals surface area contributed by atoms with Gasteiger partial charge in [0.15, 0.2) is 6.10 Å². The summed E-state index contributed by atoms with van der Waals surface area (Å²) in [6.07, 6.45) is 0.683.